The molecule has 1 aliphatic heterocycles. The van der Waals surface area contributed by atoms with Crippen LogP contribution in [-0.4, -0.2) is 36.5 Å². The van der Waals surface area contributed by atoms with Gasteiger partial charge in [0, 0.05) is 24.0 Å². The van der Waals surface area contributed by atoms with Crippen LogP contribution in [0.3, 0.4) is 0 Å². The first-order valence-electron chi connectivity index (χ1n) is 7.57. The molecule has 1 atom stereocenters. The minimum absolute atomic E-state index is 0.217. The number of rotatable bonds is 4. The molecule has 2 aliphatic rings. The van der Waals surface area contributed by atoms with Gasteiger partial charge in [-0.25, -0.2) is 4.79 Å². The van der Waals surface area contributed by atoms with Gasteiger partial charge in [-0.2, -0.15) is 0 Å². The van der Waals surface area contributed by atoms with Crippen LogP contribution in [0.25, 0.3) is 0 Å². The van der Waals surface area contributed by atoms with Crippen LogP contribution in [-0.2, 0) is 11.2 Å². The highest BCUT2D eigenvalue weighted by Gasteiger charge is 2.40. The van der Waals surface area contributed by atoms with Crippen molar-refractivity contribution in [2.24, 2.45) is 5.92 Å². The van der Waals surface area contributed by atoms with E-state index < -0.39 is 6.03 Å². The molecule has 1 aromatic rings. The van der Waals surface area contributed by atoms with Gasteiger partial charge in [0.05, 0.1) is 6.54 Å². The molecule has 6 heteroatoms. The van der Waals surface area contributed by atoms with Gasteiger partial charge in [0.1, 0.15) is 0 Å². The van der Waals surface area contributed by atoms with Crippen LogP contribution < -0.4 is 10.6 Å². The predicted molar refractivity (Wildman–Crippen MR) is 82.3 cm³/mol. The van der Waals surface area contributed by atoms with Crippen LogP contribution in [0.4, 0.5) is 4.79 Å². The molecule has 3 rings (SSSR count). The quantitative estimate of drug-likeness (QED) is 0.893. The molecule has 0 unspecified atom stereocenters. The fraction of sp³-hybridized carbons (Fsp3) is 0.600. The van der Waals surface area contributed by atoms with E-state index in [-0.39, 0.29) is 5.91 Å². The fourth-order valence-corrected chi connectivity index (χ4v) is 4.01. The lowest BCUT2D eigenvalue weighted by atomic mass is 9.96. The molecule has 1 saturated carbocycles. The molecule has 2 heterocycles. The molecule has 0 spiro atoms. The fourth-order valence-electron chi connectivity index (χ4n) is 3.09. The molecule has 114 valence electrons. The van der Waals surface area contributed by atoms with Crippen molar-refractivity contribution in [3.05, 3.63) is 21.9 Å². The van der Waals surface area contributed by atoms with Crippen LogP contribution in [0.15, 0.2) is 11.4 Å². The number of carbonyl (C=O) groups is 2. The van der Waals surface area contributed by atoms with Crippen LogP contribution in [0.5, 0.6) is 0 Å². The largest absolute Gasteiger partial charge is 0.338 e. The van der Waals surface area contributed by atoms with Gasteiger partial charge in [-0.1, -0.05) is 0 Å². The number of hydrogen-bond acceptors (Lipinski definition) is 4. The third kappa shape index (κ3) is 3.27. The summed E-state index contributed by atoms with van der Waals surface area (Å²) in [5.41, 5.74) is 1.40. The number of nitrogens with one attached hydrogen (secondary N) is 2. The second-order valence-corrected chi connectivity index (χ2v) is 6.71. The van der Waals surface area contributed by atoms with Crippen molar-refractivity contribution >= 4 is 23.3 Å². The molecule has 0 saturated heterocycles. The summed E-state index contributed by atoms with van der Waals surface area (Å²) in [6, 6.07) is 2.16. The summed E-state index contributed by atoms with van der Waals surface area (Å²) < 4.78 is 0. The lowest BCUT2D eigenvalue weighted by Gasteiger charge is -2.35. The Balaban J connectivity index is 1.65. The van der Waals surface area contributed by atoms with Crippen LogP contribution >= 0.6 is 11.3 Å². The van der Waals surface area contributed by atoms with E-state index in [0.29, 0.717) is 25.0 Å². The standard InChI is InChI=1S/C15H21N3O2S/c1-2-16-15(20)17-13(19)9-18-7-5-12-11(6-8-21-12)14(18)10-3-4-10/h6,8,10,14H,2-5,7,9H2,1H3,(H2,16,17,19,20)/t14-/m1/s1. The van der Waals surface area contributed by atoms with E-state index in [9.17, 15) is 9.59 Å². The van der Waals surface area contributed by atoms with Gasteiger partial charge in [0.25, 0.3) is 0 Å². The Morgan fingerprint density at radius 2 is 2.24 bits per heavy atom. The first-order chi connectivity index (χ1) is 10.2. The average molecular weight is 307 g/mol. The molecule has 1 aromatic heterocycles. The number of amides is 3. The Morgan fingerprint density at radius 3 is 2.95 bits per heavy atom. The van der Waals surface area contributed by atoms with Crippen molar-refractivity contribution in [1.82, 2.24) is 15.5 Å². The second-order valence-electron chi connectivity index (χ2n) is 5.71. The third-order valence-electron chi connectivity index (χ3n) is 4.12. The molecular formula is C15H21N3O2S. The third-order valence-corrected chi connectivity index (χ3v) is 5.12. The Morgan fingerprint density at radius 1 is 1.43 bits per heavy atom. The Kier molecular flexibility index (Phi) is 4.26. The highest BCUT2D eigenvalue weighted by molar-refractivity contribution is 7.10. The number of carbonyl (C=O) groups excluding carboxylic acids is 2. The van der Waals surface area contributed by atoms with E-state index in [1.165, 1.54) is 23.3 Å². The van der Waals surface area contributed by atoms with E-state index in [0.717, 1.165) is 13.0 Å². The number of fused-ring (bicyclic) bond motifs is 1. The van der Waals surface area contributed by atoms with Crippen molar-refractivity contribution in [1.29, 1.82) is 0 Å². The molecule has 0 radical (unpaired) electrons. The maximum Gasteiger partial charge on any atom is 0.321 e. The zero-order valence-corrected chi connectivity index (χ0v) is 13.0. The second kappa shape index (κ2) is 6.15. The summed E-state index contributed by atoms with van der Waals surface area (Å²) in [4.78, 5) is 27.1. The van der Waals surface area contributed by atoms with E-state index in [4.69, 9.17) is 0 Å². The van der Waals surface area contributed by atoms with Gasteiger partial charge in [-0.05, 0) is 49.1 Å². The molecule has 1 aliphatic carbocycles. The van der Waals surface area contributed by atoms with E-state index >= 15 is 0 Å². The van der Waals surface area contributed by atoms with Crippen LogP contribution in [0, 0.1) is 5.92 Å². The minimum Gasteiger partial charge on any atom is -0.338 e. The lowest BCUT2D eigenvalue weighted by molar-refractivity contribution is -0.122. The van der Waals surface area contributed by atoms with Gasteiger partial charge in [-0.15, -0.1) is 11.3 Å². The smallest absolute Gasteiger partial charge is 0.321 e. The van der Waals surface area contributed by atoms with Crippen molar-refractivity contribution in [2.45, 2.75) is 32.2 Å². The normalized spacial score (nSPS) is 21.7. The van der Waals surface area contributed by atoms with Gasteiger partial charge >= 0.3 is 6.03 Å². The SMILES string of the molecule is CCNC(=O)NC(=O)CN1CCc2sccc2[C@H]1C1CC1. The van der Waals surface area contributed by atoms with E-state index in [1.807, 2.05) is 18.3 Å². The Labute approximate surface area is 128 Å². The van der Waals surface area contributed by atoms with Gasteiger partial charge in [0.2, 0.25) is 5.91 Å². The summed E-state index contributed by atoms with van der Waals surface area (Å²) in [6.07, 6.45) is 3.49. The monoisotopic (exact) mass is 307 g/mol. The molecule has 3 amide bonds. The van der Waals surface area contributed by atoms with Crippen molar-refractivity contribution in [3.63, 3.8) is 0 Å². The van der Waals surface area contributed by atoms with Crippen LogP contribution in [0.1, 0.15) is 36.2 Å². The summed E-state index contributed by atoms with van der Waals surface area (Å²) >= 11 is 1.82. The van der Waals surface area contributed by atoms with Gasteiger partial charge < -0.3 is 5.32 Å². The highest BCUT2D eigenvalue weighted by atomic mass is 32.1. The molecule has 21 heavy (non-hydrogen) atoms. The summed E-state index contributed by atoms with van der Waals surface area (Å²) in [5, 5.41) is 7.13. The number of nitrogens with zero attached hydrogens (tertiary/aromatic N) is 1. The number of thiophene rings is 1. The summed E-state index contributed by atoms with van der Waals surface area (Å²) in [5.74, 6) is 0.459. The molecular weight excluding hydrogens is 286 g/mol. The van der Waals surface area contributed by atoms with Crippen molar-refractivity contribution in [3.8, 4) is 0 Å². The number of urea groups is 1. The van der Waals surface area contributed by atoms with Crippen molar-refractivity contribution in [2.75, 3.05) is 19.6 Å². The zero-order valence-electron chi connectivity index (χ0n) is 12.2. The molecule has 1 fully saturated rings. The maximum atomic E-state index is 12.0. The lowest BCUT2D eigenvalue weighted by Crippen LogP contribution is -2.47. The Bertz CT molecular complexity index is 539. The minimum atomic E-state index is -0.404. The van der Waals surface area contributed by atoms with Crippen molar-refractivity contribution < 1.29 is 9.59 Å². The predicted octanol–water partition coefficient (Wildman–Crippen LogP) is 1.90. The van der Waals surface area contributed by atoms with Gasteiger partial charge in [0.15, 0.2) is 0 Å². The topological polar surface area (TPSA) is 61.4 Å². The molecule has 0 bridgehead atoms. The zero-order chi connectivity index (χ0) is 14.8. The summed E-state index contributed by atoms with van der Waals surface area (Å²) in [6.45, 7) is 3.55. The first kappa shape index (κ1) is 14.5. The van der Waals surface area contributed by atoms with E-state index in [1.54, 1.807) is 0 Å². The Hall–Kier alpha value is -1.40. The number of imide groups is 1. The van der Waals surface area contributed by atoms with Gasteiger partial charge in [-0.3, -0.25) is 15.0 Å². The summed E-state index contributed by atoms with van der Waals surface area (Å²) in [7, 11) is 0. The first-order valence-corrected chi connectivity index (χ1v) is 8.45. The van der Waals surface area contributed by atoms with E-state index in [2.05, 4.69) is 27.0 Å². The number of hydrogen-bond donors (Lipinski definition) is 2. The molecule has 0 aromatic carbocycles. The highest BCUT2D eigenvalue weighted by Crippen LogP contribution is 2.48. The maximum absolute atomic E-state index is 12.0. The average Bonchev–Trinajstić information content (AvgIpc) is 3.15. The van der Waals surface area contributed by atoms with Crippen LogP contribution in [0.2, 0.25) is 0 Å². The molecule has 5 nitrogen and oxygen atoms in total. The molecule has 2 N–H and O–H groups in total.